The summed E-state index contributed by atoms with van der Waals surface area (Å²) < 4.78 is 8.15. The van der Waals surface area contributed by atoms with E-state index in [9.17, 15) is 29.2 Å². The lowest BCUT2D eigenvalue weighted by atomic mass is 9.49. The van der Waals surface area contributed by atoms with E-state index in [1.165, 1.54) is 10.6 Å². The number of carbonyl (C=O) groups excluding carboxylic acids is 4. The summed E-state index contributed by atoms with van der Waals surface area (Å²) in [6.45, 7) is 15.0. The lowest BCUT2D eigenvalue weighted by molar-refractivity contribution is -0.163. The minimum atomic E-state index is -0.738. The summed E-state index contributed by atoms with van der Waals surface area (Å²) >= 11 is 0. The molecule has 3 aliphatic heterocycles. The predicted molar refractivity (Wildman–Crippen MR) is 235 cm³/mol. The van der Waals surface area contributed by atoms with Gasteiger partial charge in [0.05, 0.1) is 23.0 Å². The van der Waals surface area contributed by atoms with Gasteiger partial charge in [-0.2, -0.15) is 5.26 Å². The number of aromatic nitrogens is 2. The van der Waals surface area contributed by atoms with Gasteiger partial charge >= 0.3 is 0 Å². The Morgan fingerprint density at radius 3 is 2.15 bits per heavy atom. The molecule has 0 spiro atoms. The van der Waals surface area contributed by atoms with Gasteiger partial charge in [-0.25, -0.2) is 4.98 Å². The van der Waals surface area contributed by atoms with Gasteiger partial charge in [0.1, 0.15) is 29.7 Å². The van der Waals surface area contributed by atoms with Crippen LogP contribution in [0.25, 0.3) is 10.9 Å². The monoisotopic (exact) mass is 841 g/mol. The van der Waals surface area contributed by atoms with Crippen molar-refractivity contribution >= 4 is 45.9 Å². The number of amides is 4. The summed E-state index contributed by atoms with van der Waals surface area (Å²) in [5.74, 6) is -0.162. The number of nitrogens with zero attached hydrogens (tertiary/aromatic N) is 6. The fourth-order valence-electron chi connectivity index (χ4n) is 10.3. The third-order valence-electron chi connectivity index (χ3n) is 13.6. The molecule has 4 amide bonds. The van der Waals surface area contributed by atoms with E-state index in [0.29, 0.717) is 33.7 Å². The summed E-state index contributed by atoms with van der Waals surface area (Å²) in [4.78, 5) is 73.8. The molecule has 3 N–H and O–H groups in total. The average molecular weight is 842 g/mol. The van der Waals surface area contributed by atoms with Crippen molar-refractivity contribution in [2.75, 3.05) is 55.6 Å². The molecule has 62 heavy (non-hydrogen) atoms. The summed E-state index contributed by atoms with van der Waals surface area (Å²) in [5, 5.41) is 18.7. The van der Waals surface area contributed by atoms with Crippen molar-refractivity contribution in [2.24, 2.45) is 23.8 Å². The van der Waals surface area contributed by atoms with E-state index >= 15 is 0 Å². The van der Waals surface area contributed by atoms with Crippen molar-refractivity contribution < 1.29 is 23.9 Å². The highest BCUT2D eigenvalue weighted by Crippen LogP contribution is 2.56. The number of hydrogen-bond donors (Lipinski definition) is 3. The van der Waals surface area contributed by atoms with Crippen molar-refractivity contribution in [1.29, 1.82) is 5.26 Å². The molecule has 4 fully saturated rings. The number of aryl methyl sites for hydroxylation is 1. The minimum absolute atomic E-state index is 0.124. The molecule has 2 aromatic carbocycles. The van der Waals surface area contributed by atoms with Gasteiger partial charge in [0.2, 0.25) is 11.8 Å². The van der Waals surface area contributed by atoms with E-state index in [2.05, 4.69) is 69.4 Å². The number of hydrogen-bond acceptors (Lipinski definition) is 11. The first-order valence-electron chi connectivity index (χ1n) is 21.6. The molecule has 2 aromatic heterocycles. The molecule has 5 heterocycles. The Kier molecular flexibility index (Phi) is 11.6. The molecule has 1 aliphatic carbocycles. The van der Waals surface area contributed by atoms with Crippen LogP contribution in [0.1, 0.15) is 79.8 Å². The molecular formula is C47H55N9O6. The first-order chi connectivity index (χ1) is 29.6. The van der Waals surface area contributed by atoms with Gasteiger partial charge in [-0.3, -0.25) is 34.2 Å². The summed E-state index contributed by atoms with van der Waals surface area (Å²) in [7, 11) is 1.66. The number of nitriles is 1. The van der Waals surface area contributed by atoms with E-state index in [1.807, 2.05) is 30.3 Å². The summed E-state index contributed by atoms with van der Waals surface area (Å²) in [6, 6.07) is 19.5. The van der Waals surface area contributed by atoms with Crippen LogP contribution in [-0.4, -0.2) is 102 Å². The second-order valence-electron chi connectivity index (χ2n) is 18.4. The molecule has 4 aliphatic rings. The topological polar surface area (TPSA) is 182 Å². The van der Waals surface area contributed by atoms with Crippen LogP contribution >= 0.6 is 0 Å². The van der Waals surface area contributed by atoms with Gasteiger partial charge in [0.25, 0.3) is 17.4 Å². The first-order valence-corrected chi connectivity index (χ1v) is 21.6. The smallest absolute Gasteiger partial charge is 0.270 e. The van der Waals surface area contributed by atoms with Crippen LogP contribution in [0.3, 0.4) is 0 Å². The van der Waals surface area contributed by atoms with Crippen LogP contribution in [0.4, 0.5) is 11.4 Å². The molecule has 3 saturated heterocycles. The zero-order valence-electron chi connectivity index (χ0n) is 36.1. The fourth-order valence-corrected chi connectivity index (χ4v) is 10.3. The largest absolute Gasteiger partial charge is 0.488 e. The van der Waals surface area contributed by atoms with Gasteiger partial charge in [-0.1, -0.05) is 27.7 Å². The van der Waals surface area contributed by atoms with E-state index in [-0.39, 0.29) is 48.1 Å². The molecule has 8 rings (SSSR count). The molecule has 15 heteroatoms. The number of fused-ring (bicyclic) bond motifs is 1. The molecule has 0 bridgehead atoms. The van der Waals surface area contributed by atoms with E-state index in [4.69, 9.17) is 4.74 Å². The van der Waals surface area contributed by atoms with Gasteiger partial charge < -0.3 is 29.7 Å². The third-order valence-corrected chi connectivity index (χ3v) is 13.6. The van der Waals surface area contributed by atoms with Gasteiger partial charge in [0.15, 0.2) is 0 Å². The van der Waals surface area contributed by atoms with Crippen LogP contribution in [0.2, 0.25) is 0 Å². The fraction of sp³-hybridized carbons (Fsp3) is 0.468. The highest BCUT2D eigenvalue weighted by molar-refractivity contribution is 6.03. The lowest BCUT2D eigenvalue weighted by Crippen LogP contribution is -2.74. The number of ether oxygens (including phenoxy) is 1. The van der Waals surface area contributed by atoms with Crippen LogP contribution in [0.5, 0.6) is 5.75 Å². The van der Waals surface area contributed by atoms with Crippen molar-refractivity contribution in [2.45, 2.75) is 71.6 Å². The van der Waals surface area contributed by atoms with Crippen molar-refractivity contribution in [3.8, 4) is 11.8 Å². The number of imide groups is 1. The molecule has 15 nitrogen and oxygen atoms in total. The first kappa shape index (κ1) is 42.4. The maximum absolute atomic E-state index is 13.7. The maximum Gasteiger partial charge on any atom is 0.270 e. The van der Waals surface area contributed by atoms with Gasteiger partial charge in [-0.05, 0) is 79.8 Å². The van der Waals surface area contributed by atoms with E-state index in [1.54, 1.807) is 37.5 Å². The average Bonchev–Trinajstić information content (AvgIpc) is 3.27. The van der Waals surface area contributed by atoms with Crippen molar-refractivity contribution in [3.63, 3.8) is 0 Å². The molecular weight excluding hydrogens is 787 g/mol. The number of piperidine rings is 2. The SMILES string of the molecule is Cn1c(=O)ccc2c(OC3C(C)(C)C(NC(=O)c4ccc(N5CCC(CN6CCN(c7ccc(C(=O)N[C@H]8CCC(=O)NC8=O)nc7)CC6)CC5)cc4)C3(C)C)ccc(C#N)c21. The minimum Gasteiger partial charge on any atom is -0.488 e. The Bertz CT molecular complexity index is 2460. The van der Waals surface area contributed by atoms with Crippen LogP contribution in [0, 0.1) is 28.1 Å². The Morgan fingerprint density at radius 1 is 0.823 bits per heavy atom. The molecule has 1 atom stereocenters. The quantitative estimate of drug-likeness (QED) is 0.197. The highest BCUT2D eigenvalue weighted by atomic mass is 16.5. The molecule has 1 saturated carbocycles. The van der Waals surface area contributed by atoms with Crippen LogP contribution in [-0.2, 0) is 16.6 Å². The second-order valence-corrected chi connectivity index (χ2v) is 18.4. The molecule has 324 valence electrons. The molecule has 0 unspecified atom stereocenters. The summed E-state index contributed by atoms with van der Waals surface area (Å²) in [5.41, 5.74) is 2.85. The number of rotatable bonds is 10. The number of nitrogens with one attached hydrogen (secondary N) is 3. The number of carbonyl (C=O) groups is 4. The standard InChI is InChI=1S/C47H55N9O6/c1-46(2)44(47(3,4)45(46)62-37-15-8-31(26-48)40-34(37)12-17-39(58)53(40)5)52-41(59)30-6-9-32(10-7-30)55-20-18-29(19-21-55)28-54-22-24-56(25-23-54)33-11-13-35(49-27-33)42(60)50-36-14-16-38(57)51-43(36)61/h6-13,15,17,27,29,36,44-45H,14,16,18-25,28H2,1-5H3,(H,50,60)(H,52,59)(H,51,57,61)/t36-,44?,45?/m0/s1. The Labute approximate surface area is 361 Å². The number of pyridine rings is 2. The van der Waals surface area contributed by atoms with Gasteiger partial charge in [-0.15, -0.1) is 0 Å². The number of piperazine rings is 1. The van der Waals surface area contributed by atoms with E-state index in [0.717, 1.165) is 70.0 Å². The highest BCUT2D eigenvalue weighted by Gasteiger charge is 2.64. The van der Waals surface area contributed by atoms with E-state index < -0.39 is 28.7 Å². The Hall–Kier alpha value is -6.27. The Balaban J connectivity index is 0.785. The van der Waals surface area contributed by atoms with Gasteiger partial charge in [0, 0.05) is 98.9 Å². The third kappa shape index (κ3) is 8.23. The molecule has 4 aromatic rings. The van der Waals surface area contributed by atoms with Crippen molar-refractivity contribution in [3.05, 3.63) is 94.0 Å². The van der Waals surface area contributed by atoms with Crippen LogP contribution < -0.4 is 36.0 Å². The molecule has 0 radical (unpaired) electrons. The maximum atomic E-state index is 13.7. The number of benzene rings is 2. The Morgan fingerprint density at radius 2 is 1.50 bits per heavy atom. The number of anilines is 2. The normalized spacial score (nSPS) is 22.6. The van der Waals surface area contributed by atoms with Crippen LogP contribution in [0.15, 0.2) is 71.7 Å². The second kappa shape index (κ2) is 16.9. The summed E-state index contributed by atoms with van der Waals surface area (Å²) in [6.07, 6.45) is 4.13. The zero-order chi connectivity index (χ0) is 43.9. The zero-order valence-corrected chi connectivity index (χ0v) is 36.1. The lowest BCUT2D eigenvalue weighted by Gasteiger charge is -2.63. The van der Waals surface area contributed by atoms with Crippen molar-refractivity contribution in [1.82, 2.24) is 30.4 Å². The predicted octanol–water partition coefficient (Wildman–Crippen LogP) is 3.99.